The van der Waals surface area contributed by atoms with Gasteiger partial charge in [-0.25, -0.2) is 0 Å². The van der Waals surface area contributed by atoms with E-state index in [-0.39, 0.29) is 24.9 Å². The molecule has 3 atom stereocenters. The van der Waals surface area contributed by atoms with Crippen LogP contribution in [-0.4, -0.2) is 50.3 Å². The first-order valence-electron chi connectivity index (χ1n) is 7.20. The van der Waals surface area contributed by atoms with Crippen molar-refractivity contribution < 1.29 is 24.1 Å². The van der Waals surface area contributed by atoms with E-state index in [0.717, 1.165) is 11.5 Å². The smallest absolute Gasteiger partial charge is 0.120 e. The number of aliphatic hydroxyl groups excluding tert-OH is 1. The van der Waals surface area contributed by atoms with Gasteiger partial charge in [0, 0.05) is 0 Å². The zero-order chi connectivity index (χ0) is 15.7. The Morgan fingerprint density at radius 1 is 0.857 bits per heavy atom. The predicted octanol–water partition coefficient (Wildman–Crippen LogP) is 2.27. The molecule has 1 aromatic carbocycles. The second-order valence-corrected chi connectivity index (χ2v) is 5.07. The van der Waals surface area contributed by atoms with Crippen LogP contribution in [0.4, 0.5) is 0 Å². The normalized spacial score (nSPS) is 15.3. The van der Waals surface area contributed by atoms with E-state index in [4.69, 9.17) is 24.1 Å². The van der Waals surface area contributed by atoms with Gasteiger partial charge in [0.1, 0.15) is 17.6 Å². The van der Waals surface area contributed by atoms with Gasteiger partial charge in [0.25, 0.3) is 0 Å². The van der Waals surface area contributed by atoms with Crippen LogP contribution >= 0.6 is 0 Å². The van der Waals surface area contributed by atoms with E-state index in [2.05, 4.69) is 0 Å². The number of hydrogen-bond donors (Lipinski definition) is 1. The minimum atomic E-state index is -0.163. The zero-order valence-electron chi connectivity index (χ0n) is 13.2. The quantitative estimate of drug-likeness (QED) is 0.718. The van der Waals surface area contributed by atoms with Gasteiger partial charge in [-0.05, 0) is 45.0 Å². The standard InChI is InChI=1S/C16H26O5/c1-12(9-17)19-10-13(2)20-11-14(3)21-16-7-5-15(18-4)6-8-16/h5-8,12-14,17H,9-11H2,1-4H3. The Kier molecular flexibility index (Phi) is 8.12. The van der Waals surface area contributed by atoms with Crippen LogP contribution in [0.25, 0.3) is 0 Å². The summed E-state index contributed by atoms with van der Waals surface area (Å²) >= 11 is 0. The molecule has 1 aromatic rings. The molecule has 5 heteroatoms. The lowest BCUT2D eigenvalue weighted by atomic mass is 10.3. The largest absolute Gasteiger partial charge is 0.497 e. The van der Waals surface area contributed by atoms with Crippen LogP contribution in [0.5, 0.6) is 11.5 Å². The molecule has 0 spiro atoms. The van der Waals surface area contributed by atoms with Crippen molar-refractivity contribution in [2.24, 2.45) is 0 Å². The Hall–Kier alpha value is -1.30. The minimum absolute atomic E-state index is 0.0176. The van der Waals surface area contributed by atoms with Gasteiger partial charge in [-0.1, -0.05) is 0 Å². The van der Waals surface area contributed by atoms with Crippen LogP contribution in [-0.2, 0) is 9.47 Å². The van der Waals surface area contributed by atoms with Crippen molar-refractivity contribution >= 4 is 0 Å². The lowest BCUT2D eigenvalue weighted by Gasteiger charge is -2.20. The van der Waals surface area contributed by atoms with Crippen LogP contribution < -0.4 is 9.47 Å². The Balaban J connectivity index is 2.24. The van der Waals surface area contributed by atoms with Crippen molar-refractivity contribution in [2.75, 3.05) is 26.9 Å². The first-order chi connectivity index (χ1) is 10.0. The highest BCUT2D eigenvalue weighted by Crippen LogP contribution is 2.18. The molecule has 0 aliphatic rings. The second kappa shape index (κ2) is 9.60. The molecule has 0 aliphatic carbocycles. The minimum Gasteiger partial charge on any atom is -0.497 e. The number of benzene rings is 1. The average molecular weight is 298 g/mol. The lowest BCUT2D eigenvalue weighted by Crippen LogP contribution is -2.27. The summed E-state index contributed by atoms with van der Waals surface area (Å²) in [5.74, 6) is 1.58. The number of rotatable bonds is 10. The fourth-order valence-corrected chi connectivity index (χ4v) is 1.62. The second-order valence-electron chi connectivity index (χ2n) is 5.07. The van der Waals surface area contributed by atoms with Crippen LogP contribution in [0.15, 0.2) is 24.3 Å². The number of hydrogen-bond acceptors (Lipinski definition) is 5. The molecule has 21 heavy (non-hydrogen) atoms. The summed E-state index contributed by atoms with van der Waals surface area (Å²) in [6, 6.07) is 7.45. The fraction of sp³-hybridized carbons (Fsp3) is 0.625. The molecule has 0 fully saturated rings. The molecular formula is C16H26O5. The van der Waals surface area contributed by atoms with E-state index in [1.165, 1.54) is 0 Å². The van der Waals surface area contributed by atoms with Gasteiger partial charge in [-0.2, -0.15) is 0 Å². The van der Waals surface area contributed by atoms with Gasteiger partial charge in [-0.3, -0.25) is 0 Å². The molecule has 0 aliphatic heterocycles. The SMILES string of the molecule is COc1ccc(OC(C)COC(C)COC(C)CO)cc1. The summed E-state index contributed by atoms with van der Waals surface area (Å²) in [5, 5.41) is 8.87. The van der Waals surface area contributed by atoms with E-state index in [0.29, 0.717) is 13.2 Å². The van der Waals surface area contributed by atoms with Crippen molar-refractivity contribution in [3.8, 4) is 11.5 Å². The van der Waals surface area contributed by atoms with E-state index in [1.54, 1.807) is 7.11 Å². The molecule has 1 N–H and O–H groups in total. The molecule has 5 nitrogen and oxygen atoms in total. The topological polar surface area (TPSA) is 57.2 Å². The van der Waals surface area contributed by atoms with Crippen LogP contribution in [0.3, 0.4) is 0 Å². The van der Waals surface area contributed by atoms with Gasteiger partial charge in [0.2, 0.25) is 0 Å². The summed E-state index contributed by atoms with van der Waals surface area (Å²) in [6.07, 6.45) is -0.263. The van der Waals surface area contributed by atoms with Crippen LogP contribution in [0.1, 0.15) is 20.8 Å². The fourth-order valence-electron chi connectivity index (χ4n) is 1.62. The molecule has 0 saturated carbocycles. The first kappa shape index (κ1) is 17.8. The average Bonchev–Trinajstić information content (AvgIpc) is 2.51. The molecule has 0 saturated heterocycles. The van der Waals surface area contributed by atoms with Crippen molar-refractivity contribution in [3.63, 3.8) is 0 Å². The highest BCUT2D eigenvalue weighted by molar-refractivity contribution is 5.31. The number of aliphatic hydroxyl groups is 1. The molecule has 0 aromatic heterocycles. The molecule has 0 amide bonds. The van der Waals surface area contributed by atoms with Crippen molar-refractivity contribution in [3.05, 3.63) is 24.3 Å². The molecule has 0 bridgehead atoms. The summed E-state index contributed by atoms with van der Waals surface area (Å²) < 4.78 is 21.9. The first-order valence-corrected chi connectivity index (χ1v) is 7.20. The van der Waals surface area contributed by atoms with E-state index >= 15 is 0 Å². The van der Waals surface area contributed by atoms with E-state index in [1.807, 2.05) is 45.0 Å². The molecule has 3 unspecified atom stereocenters. The van der Waals surface area contributed by atoms with Crippen molar-refractivity contribution in [1.29, 1.82) is 0 Å². The summed E-state index contributed by atoms with van der Waals surface area (Å²) in [4.78, 5) is 0. The van der Waals surface area contributed by atoms with Gasteiger partial charge in [0.05, 0.1) is 39.1 Å². The van der Waals surface area contributed by atoms with Crippen molar-refractivity contribution in [1.82, 2.24) is 0 Å². The molecule has 0 radical (unpaired) electrons. The maximum atomic E-state index is 8.87. The van der Waals surface area contributed by atoms with Gasteiger partial charge >= 0.3 is 0 Å². The van der Waals surface area contributed by atoms with Crippen LogP contribution in [0.2, 0.25) is 0 Å². The third-order valence-electron chi connectivity index (χ3n) is 2.88. The summed E-state index contributed by atoms with van der Waals surface area (Å²) in [7, 11) is 1.63. The maximum absolute atomic E-state index is 8.87. The Morgan fingerprint density at radius 2 is 1.38 bits per heavy atom. The van der Waals surface area contributed by atoms with Crippen molar-refractivity contribution in [2.45, 2.75) is 39.1 Å². The number of methoxy groups -OCH3 is 1. The molecule has 0 heterocycles. The monoisotopic (exact) mass is 298 g/mol. The Labute approximate surface area is 126 Å². The Morgan fingerprint density at radius 3 is 1.95 bits per heavy atom. The molecule has 1 rings (SSSR count). The molecular weight excluding hydrogens is 272 g/mol. The Bertz CT molecular complexity index is 379. The summed E-state index contributed by atoms with van der Waals surface area (Å²) in [5.41, 5.74) is 0. The highest BCUT2D eigenvalue weighted by atomic mass is 16.6. The van der Waals surface area contributed by atoms with Crippen LogP contribution in [0, 0.1) is 0 Å². The summed E-state index contributed by atoms with van der Waals surface area (Å²) in [6.45, 7) is 6.66. The lowest BCUT2D eigenvalue weighted by molar-refractivity contribution is -0.0590. The maximum Gasteiger partial charge on any atom is 0.120 e. The van der Waals surface area contributed by atoms with E-state index < -0.39 is 0 Å². The highest BCUT2D eigenvalue weighted by Gasteiger charge is 2.10. The van der Waals surface area contributed by atoms with Gasteiger partial charge < -0.3 is 24.1 Å². The third-order valence-corrected chi connectivity index (χ3v) is 2.88. The molecule has 120 valence electrons. The van der Waals surface area contributed by atoms with Gasteiger partial charge in [0.15, 0.2) is 0 Å². The predicted molar refractivity (Wildman–Crippen MR) is 81.0 cm³/mol. The number of ether oxygens (including phenoxy) is 4. The van der Waals surface area contributed by atoms with Gasteiger partial charge in [-0.15, -0.1) is 0 Å². The third kappa shape index (κ3) is 7.32. The zero-order valence-corrected chi connectivity index (χ0v) is 13.2. The van der Waals surface area contributed by atoms with E-state index in [9.17, 15) is 0 Å².